The number of thiazole rings is 1. The van der Waals surface area contributed by atoms with Gasteiger partial charge in [-0.15, -0.1) is 22.9 Å². The molecule has 1 aromatic heterocycles. The summed E-state index contributed by atoms with van der Waals surface area (Å²) in [5.41, 5.74) is 0.784. The van der Waals surface area contributed by atoms with Crippen molar-refractivity contribution in [2.75, 3.05) is 6.54 Å². The minimum Gasteiger partial charge on any atom is -0.350 e. The Morgan fingerprint density at radius 2 is 2.29 bits per heavy atom. The highest BCUT2D eigenvalue weighted by Gasteiger charge is 2.13. The van der Waals surface area contributed by atoms with Crippen LogP contribution in [0.3, 0.4) is 0 Å². The summed E-state index contributed by atoms with van der Waals surface area (Å²) in [5, 5.41) is 3.61. The molecule has 0 fully saturated rings. The van der Waals surface area contributed by atoms with E-state index in [0.717, 1.165) is 10.7 Å². The Morgan fingerprint density at radius 3 is 2.71 bits per heavy atom. The van der Waals surface area contributed by atoms with E-state index < -0.39 is 0 Å². The van der Waals surface area contributed by atoms with Crippen LogP contribution in [-0.2, 0) is 0 Å². The maximum absolute atomic E-state index is 11.6. The Labute approximate surface area is 92.5 Å². The molecule has 78 valence electrons. The average molecular weight is 233 g/mol. The second-order valence-corrected chi connectivity index (χ2v) is 5.09. The first-order valence-corrected chi connectivity index (χ1v) is 5.62. The van der Waals surface area contributed by atoms with Crippen LogP contribution in [-0.4, -0.2) is 22.8 Å². The second-order valence-electron chi connectivity index (χ2n) is 3.14. The highest BCUT2D eigenvalue weighted by molar-refractivity contribution is 7.13. The fourth-order valence-corrected chi connectivity index (χ4v) is 1.97. The first-order valence-electron chi connectivity index (χ1n) is 4.37. The Balaban J connectivity index is 2.65. The third kappa shape index (κ3) is 2.96. The van der Waals surface area contributed by atoms with Gasteiger partial charge in [0.2, 0.25) is 0 Å². The van der Waals surface area contributed by atoms with Gasteiger partial charge in [0.15, 0.2) is 0 Å². The Kier molecular flexibility index (Phi) is 3.89. The molecule has 1 aromatic rings. The molecule has 14 heavy (non-hydrogen) atoms. The van der Waals surface area contributed by atoms with Crippen molar-refractivity contribution in [3.8, 4) is 0 Å². The standard InChI is InChI=1S/C9H13ClN2OS/c1-5(10)4-11-9(13)8-6(2)12-7(3)14-8/h5H,4H2,1-3H3,(H,11,13). The van der Waals surface area contributed by atoms with Crippen LogP contribution in [0.2, 0.25) is 0 Å². The van der Waals surface area contributed by atoms with Crippen molar-refractivity contribution in [2.24, 2.45) is 0 Å². The third-order valence-corrected chi connectivity index (χ3v) is 2.88. The summed E-state index contributed by atoms with van der Waals surface area (Å²) < 4.78 is 0. The van der Waals surface area contributed by atoms with Gasteiger partial charge in [0.1, 0.15) is 4.88 Å². The molecule has 1 heterocycles. The molecule has 3 nitrogen and oxygen atoms in total. The fourth-order valence-electron chi connectivity index (χ4n) is 1.06. The summed E-state index contributed by atoms with van der Waals surface area (Å²) in [6.07, 6.45) is 0. The van der Waals surface area contributed by atoms with Crippen molar-refractivity contribution in [2.45, 2.75) is 26.1 Å². The van der Waals surface area contributed by atoms with Crippen LogP contribution in [0.4, 0.5) is 0 Å². The van der Waals surface area contributed by atoms with E-state index >= 15 is 0 Å². The third-order valence-electron chi connectivity index (χ3n) is 1.65. The minimum atomic E-state index is -0.0828. The Hall–Kier alpha value is -0.610. The zero-order chi connectivity index (χ0) is 10.7. The number of halogens is 1. The summed E-state index contributed by atoms with van der Waals surface area (Å²) in [5.74, 6) is -0.0828. The Bertz CT molecular complexity index is 336. The van der Waals surface area contributed by atoms with Crippen molar-refractivity contribution in [1.82, 2.24) is 10.3 Å². The maximum atomic E-state index is 11.6. The van der Waals surface area contributed by atoms with Crippen molar-refractivity contribution < 1.29 is 4.79 Å². The second kappa shape index (κ2) is 4.75. The van der Waals surface area contributed by atoms with Gasteiger partial charge in [-0.25, -0.2) is 4.98 Å². The predicted octanol–water partition coefficient (Wildman–Crippen LogP) is 2.12. The van der Waals surface area contributed by atoms with E-state index in [1.807, 2.05) is 20.8 Å². The molecular weight excluding hydrogens is 220 g/mol. The first-order chi connectivity index (χ1) is 6.50. The van der Waals surface area contributed by atoms with Crippen LogP contribution < -0.4 is 5.32 Å². The van der Waals surface area contributed by atoms with Crippen molar-refractivity contribution in [3.05, 3.63) is 15.6 Å². The number of nitrogens with zero attached hydrogens (tertiary/aromatic N) is 1. The van der Waals surface area contributed by atoms with Gasteiger partial charge in [-0.3, -0.25) is 4.79 Å². The lowest BCUT2D eigenvalue weighted by Gasteiger charge is -2.04. The van der Waals surface area contributed by atoms with Crippen LogP contribution >= 0.6 is 22.9 Å². The largest absolute Gasteiger partial charge is 0.350 e. The molecular formula is C9H13ClN2OS. The highest BCUT2D eigenvalue weighted by atomic mass is 35.5. The van der Waals surface area contributed by atoms with Gasteiger partial charge in [0.05, 0.1) is 10.7 Å². The summed E-state index contributed by atoms with van der Waals surface area (Å²) in [4.78, 5) is 16.4. The van der Waals surface area contributed by atoms with Gasteiger partial charge >= 0.3 is 0 Å². The lowest BCUT2D eigenvalue weighted by Crippen LogP contribution is -2.28. The molecule has 0 radical (unpaired) electrons. The normalized spacial score (nSPS) is 12.6. The lowest BCUT2D eigenvalue weighted by atomic mass is 10.3. The topological polar surface area (TPSA) is 42.0 Å². The monoisotopic (exact) mass is 232 g/mol. The van der Waals surface area contributed by atoms with Crippen LogP contribution in [0.25, 0.3) is 0 Å². The molecule has 0 bridgehead atoms. The molecule has 1 rings (SSSR count). The number of rotatable bonds is 3. The number of aryl methyl sites for hydroxylation is 2. The number of hydrogen-bond acceptors (Lipinski definition) is 3. The zero-order valence-corrected chi connectivity index (χ0v) is 10.00. The molecule has 0 saturated carbocycles. The lowest BCUT2D eigenvalue weighted by molar-refractivity contribution is 0.0957. The number of alkyl halides is 1. The maximum Gasteiger partial charge on any atom is 0.263 e. The van der Waals surface area contributed by atoms with Gasteiger partial charge in [0, 0.05) is 11.9 Å². The van der Waals surface area contributed by atoms with E-state index in [0.29, 0.717) is 11.4 Å². The van der Waals surface area contributed by atoms with E-state index in [2.05, 4.69) is 10.3 Å². The molecule has 0 aliphatic rings. The van der Waals surface area contributed by atoms with Gasteiger partial charge in [0.25, 0.3) is 5.91 Å². The molecule has 1 N–H and O–H groups in total. The summed E-state index contributed by atoms with van der Waals surface area (Å²) in [6.45, 7) is 6.05. The smallest absolute Gasteiger partial charge is 0.263 e. The number of carbonyl (C=O) groups is 1. The van der Waals surface area contributed by atoms with Crippen molar-refractivity contribution >= 4 is 28.8 Å². The van der Waals surface area contributed by atoms with Crippen molar-refractivity contribution in [3.63, 3.8) is 0 Å². The molecule has 0 spiro atoms. The van der Waals surface area contributed by atoms with Crippen LogP contribution in [0.5, 0.6) is 0 Å². The molecule has 0 aliphatic carbocycles. The number of aromatic nitrogens is 1. The number of nitrogens with one attached hydrogen (secondary N) is 1. The SMILES string of the molecule is Cc1nc(C)c(C(=O)NCC(C)Cl)s1. The summed E-state index contributed by atoms with van der Waals surface area (Å²) in [6, 6.07) is 0. The average Bonchev–Trinajstić information content (AvgIpc) is 2.41. The molecule has 1 atom stereocenters. The van der Waals surface area contributed by atoms with Crippen LogP contribution in [0.15, 0.2) is 0 Å². The minimum absolute atomic E-state index is 0.0479. The van der Waals surface area contributed by atoms with E-state index in [4.69, 9.17) is 11.6 Å². The molecule has 0 aromatic carbocycles. The summed E-state index contributed by atoms with van der Waals surface area (Å²) in [7, 11) is 0. The molecule has 1 amide bonds. The molecule has 5 heteroatoms. The predicted molar refractivity (Wildman–Crippen MR) is 59.2 cm³/mol. The number of carbonyl (C=O) groups excluding carboxylic acids is 1. The fraction of sp³-hybridized carbons (Fsp3) is 0.556. The van der Waals surface area contributed by atoms with Crippen LogP contribution in [0.1, 0.15) is 27.3 Å². The first kappa shape index (κ1) is 11.5. The van der Waals surface area contributed by atoms with Gasteiger partial charge in [-0.05, 0) is 20.8 Å². The summed E-state index contributed by atoms with van der Waals surface area (Å²) >= 11 is 7.14. The quantitative estimate of drug-likeness (QED) is 0.812. The molecule has 0 aliphatic heterocycles. The van der Waals surface area contributed by atoms with Crippen LogP contribution in [0, 0.1) is 13.8 Å². The zero-order valence-electron chi connectivity index (χ0n) is 8.43. The highest BCUT2D eigenvalue weighted by Crippen LogP contribution is 2.16. The van der Waals surface area contributed by atoms with Gasteiger partial charge < -0.3 is 5.32 Å². The number of amides is 1. The van der Waals surface area contributed by atoms with E-state index in [1.165, 1.54) is 11.3 Å². The molecule has 0 saturated heterocycles. The number of hydrogen-bond donors (Lipinski definition) is 1. The van der Waals surface area contributed by atoms with E-state index in [1.54, 1.807) is 0 Å². The molecule has 1 unspecified atom stereocenters. The van der Waals surface area contributed by atoms with Gasteiger partial charge in [-0.1, -0.05) is 0 Å². The van der Waals surface area contributed by atoms with Gasteiger partial charge in [-0.2, -0.15) is 0 Å². The Morgan fingerprint density at radius 1 is 1.64 bits per heavy atom. The van der Waals surface area contributed by atoms with Crippen molar-refractivity contribution in [1.29, 1.82) is 0 Å². The van der Waals surface area contributed by atoms with E-state index in [-0.39, 0.29) is 11.3 Å². The van der Waals surface area contributed by atoms with E-state index in [9.17, 15) is 4.79 Å².